The summed E-state index contributed by atoms with van der Waals surface area (Å²) in [6.45, 7) is 3.29. The van der Waals surface area contributed by atoms with Crippen LogP contribution in [0.3, 0.4) is 0 Å². The number of nitro benzene ring substituents is 1. The van der Waals surface area contributed by atoms with Crippen LogP contribution in [-0.2, 0) is 14.9 Å². The van der Waals surface area contributed by atoms with Gasteiger partial charge < -0.3 is 14.8 Å². The molecule has 1 saturated heterocycles. The molecule has 0 aliphatic carbocycles. The number of nitrogens with one attached hydrogen (secondary N) is 1. The smallest absolute Gasteiger partial charge is 0.269 e. The first-order valence-electron chi connectivity index (χ1n) is 8.78. The van der Waals surface area contributed by atoms with Crippen molar-refractivity contribution >= 4 is 17.3 Å². The molecule has 2 heterocycles. The van der Waals surface area contributed by atoms with E-state index in [1.807, 2.05) is 6.92 Å². The predicted octanol–water partition coefficient (Wildman–Crippen LogP) is 3.08. The van der Waals surface area contributed by atoms with Crippen LogP contribution >= 0.6 is 0 Å². The molecule has 8 heteroatoms. The zero-order valence-electron chi connectivity index (χ0n) is 15.0. The number of carbonyl (C=O) groups is 1. The van der Waals surface area contributed by atoms with Crippen LogP contribution in [0.4, 0.5) is 11.4 Å². The second-order valence-corrected chi connectivity index (χ2v) is 6.27. The molecule has 0 radical (unpaired) electrons. The van der Waals surface area contributed by atoms with Crippen molar-refractivity contribution in [1.29, 1.82) is 0 Å². The highest BCUT2D eigenvalue weighted by Gasteiger charge is 2.42. The zero-order valence-corrected chi connectivity index (χ0v) is 15.0. The van der Waals surface area contributed by atoms with E-state index < -0.39 is 10.3 Å². The third kappa shape index (κ3) is 4.06. The molecule has 1 aliphatic heterocycles. The number of hydrogen-bond donors (Lipinski definition) is 1. The number of aromatic nitrogens is 1. The Hall–Kier alpha value is -3.00. The van der Waals surface area contributed by atoms with Crippen LogP contribution in [0.15, 0.2) is 42.6 Å². The van der Waals surface area contributed by atoms with Crippen molar-refractivity contribution in [2.24, 2.45) is 0 Å². The lowest BCUT2D eigenvalue weighted by molar-refractivity contribution is -0.384. The molecule has 1 aromatic carbocycles. The van der Waals surface area contributed by atoms with Crippen molar-refractivity contribution in [3.8, 4) is 5.88 Å². The Bertz CT molecular complexity index is 799. The maximum Gasteiger partial charge on any atom is 0.269 e. The van der Waals surface area contributed by atoms with Crippen LogP contribution in [0.25, 0.3) is 0 Å². The molecule has 1 aromatic heterocycles. The molecule has 1 fully saturated rings. The fourth-order valence-corrected chi connectivity index (χ4v) is 3.21. The molecule has 1 N–H and O–H groups in total. The van der Waals surface area contributed by atoms with Gasteiger partial charge in [0.15, 0.2) is 0 Å². The van der Waals surface area contributed by atoms with Gasteiger partial charge in [-0.2, -0.15) is 0 Å². The van der Waals surface area contributed by atoms with E-state index in [-0.39, 0.29) is 11.6 Å². The molecule has 0 spiro atoms. The Morgan fingerprint density at radius 2 is 1.96 bits per heavy atom. The third-order valence-electron chi connectivity index (χ3n) is 4.70. The number of benzene rings is 1. The minimum atomic E-state index is -0.800. The van der Waals surface area contributed by atoms with Gasteiger partial charge in [0.05, 0.1) is 28.8 Å². The predicted molar refractivity (Wildman–Crippen MR) is 98.9 cm³/mol. The van der Waals surface area contributed by atoms with Crippen LogP contribution < -0.4 is 10.1 Å². The summed E-state index contributed by atoms with van der Waals surface area (Å²) >= 11 is 0. The van der Waals surface area contributed by atoms with Crippen LogP contribution in [0.2, 0.25) is 0 Å². The summed E-state index contributed by atoms with van der Waals surface area (Å²) in [6, 6.07) is 9.59. The van der Waals surface area contributed by atoms with E-state index in [9.17, 15) is 14.9 Å². The summed E-state index contributed by atoms with van der Waals surface area (Å²) in [6.07, 6.45) is 2.55. The van der Waals surface area contributed by atoms with Gasteiger partial charge in [0, 0.05) is 31.4 Å². The average molecular weight is 371 g/mol. The molecule has 1 aliphatic rings. The summed E-state index contributed by atoms with van der Waals surface area (Å²) < 4.78 is 10.7. The first kappa shape index (κ1) is 18.8. The summed E-state index contributed by atoms with van der Waals surface area (Å²) in [4.78, 5) is 27.8. The molecule has 0 bridgehead atoms. The molecule has 0 atom stereocenters. The fraction of sp³-hybridized carbons (Fsp3) is 0.368. The molecule has 2 aromatic rings. The number of anilines is 1. The molecular weight excluding hydrogens is 350 g/mol. The van der Waals surface area contributed by atoms with E-state index >= 15 is 0 Å². The molecule has 27 heavy (non-hydrogen) atoms. The van der Waals surface area contributed by atoms with E-state index in [0.717, 1.165) is 5.56 Å². The Morgan fingerprint density at radius 1 is 1.26 bits per heavy atom. The summed E-state index contributed by atoms with van der Waals surface area (Å²) in [5.74, 6) is 0.317. The number of nitrogens with zero attached hydrogens (tertiary/aromatic N) is 2. The van der Waals surface area contributed by atoms with E-state index in [2.05, 4.69) is 10.3 Å². The largest absolute Gasteiger partial charge is 0.478 e. The Kier molecular flexibility index (Phi) is 5.66. The lowest BCUT2D eigenvalue weighted by atomic mass is 9.73. The maximum absolute atomic E-state index is 13.2. The SMILES string of the molecule is CCOc1ccc(NC(=O)C2(c3ccc([N+](=O)[O-])cc3)CCOCC2)cn1. The van der Waals surface area contributed by atoms with Gasteiger partial charge >= 0.3 is 0 Å². The van der Waals surface area contributed by atoms with Gasteiger partial charge in [-0.05, 0) is 31.4 Å². The Morgan fingerprint density at radius 3 is 2.52 bits per heavy atom. The van der Waals surface area contributed by atoms with Gasteiger partial charge in [0.1, 0.15) is 0 Å². The Labute approximate surface area is 156 Å². The number of pyridine rings is 1. The maximum atomic E-state index is 13.2. The molecule has 0 saturated carbocycles. The average Bonchev–Trinajstić information content (AvgIpc) is 2.70. The quantitative estimate of drug-likeness (QED) is 0.618. The number of nitro groups is 1. The van der Waals surface area contributed by atoms with Crippen molar-refractivity contribution in [1.82, 2.24) is 4.98 Å². The molecule has 1 amide bonds. The van der Waals surface area contributed by atoms with E-state index in [4.69, 9.17) is 9.47 Å². The molecule has 8 nitrogen and oxygen atoms in total. The van der Waals surface area contributed by atoms with Crippen molar-refractivity contribution in [3.05, 3.63) is 58.3 Å². The zero-order chi connectivity index (χ0) is 19.3. The number of hydrogen-bond acceptors (Lipinski definition) is 6. The number of rotatable bonds is 6. The topological polar surface area (TPSA) is 104 Å². The van der Waals surface area contributed by atoms with Crippen molar-refractivity contribution in [3.63, 3.8) is 0 Å². The number of carbonyl (C=O) groups excluding carboxylic acids is 1. The first-order valence-corrected chi connectivity index (χ1v) is 8.78. The molecule has 142 valence electrons. The molecule has 0 unspecified atom stereocenters. The highest BCUT2D eigenvalue weighted by molar-refractivity contribution is 5.99. The first-order chi connectivity index (χ1) is 13.0. The van der Waals surface area contributed by atoms with Crippen molar-refractivity contribution in [2.75, 3.05) is 25.1 Å². The Balaban J connectivity index is 1.84. The highest BCUT2D eigenvalue weighted by Crippen LogP contribution is 2.37. The summed E-state index contributed by atoms with van der Waals surface area (Å²) in [5.41, 5.74) is 0.507. The second-order valence-electron chi connectivity index (χ2n) is 6.27. The van der Waals surface area contributed by atoms with Crippen LogP contribution in [0.1, 0.15) is 25.3 Å². The normalized spacial score (nSPS) is 15.7. The number of amides is 1. The van der Waals surface area contributed by atoms with Crippen LogP contribution in [0.5, 0.6) is 5.88 Å². The minimum Gasteiger partial charge on any atom is -0.478 e. The van der Waals surface area contributed by atoms with E-state index in [0.29, 0.717) is 44.2 Å². The van der Waals surface area contributed by atoms with Gasteiger partial charge in [-0.15, -0.1) is 0 Å². The molecule has 3 rings (SSSR count). The van der Waals surface area contributed by atoms with Gasteiger partial charge in [-0.3, -0.25) is 14.9 Å². The monoisotopic (exact) mass is 371 g/mol. The van der Waals surface area contributed by atoms with Crippen molar-refractivity contribution < 1.29 is 19.2 Å². The lowest BCUT2D eigenvalue weighted by Gasteiger charge is -2.36. The third-order valence-corrected chi connectivity index (χ3v) is 4.70. The summed E-state index contributed by atoms with van der Waals surface area (Å²) in [5, 5.41) is 13.8. The number of ether oxygens (including phenoxy) is 2. The highest BCUT2D eigenvalue weighted by atomic mass is 16.6. The van der Waals surface area contributed by atoms with Gasteiger partial charge in [0.25, 0.3) is 5.69 Å². The van der Waals surface area contributed by atoms with Crippen LogP contribution in [0, 0.1) is 10.1 Å². The van der Waals surface area contributed by atoms with Crippen LogP contribution in [-0.4, -0.2) is 35.6 Å². The van der Waals surface area contributed by atoms with E-state index in [1.54, 1.807) is 30.5 Å². The summed E-state index contributed by atoms with van der Waals surface area (Å²) in [7, 11) is 0. The van der Waals surface area contributed by atoms with Gasteiger partial charge in [0.2, 0.25) is 11.8 Å². The van der Waals surface area contributed by atoms with Gasteiger partial charge in [-0.1, -0.05) is 12.1 Å². The number of non-ortho nitro benzene ring substituents is 1. The second kappa shape index (κ2) is 8.13. The van der Waals surface area contributed by atoms with Gasteiger partial charge in [-0.25, -0.2) is 4.98 Å². The standard InChI is InChI=1S/C19H21N3O5/c1-2-27-17-8-5-15(13-20-17)21-18(23)19(9-11-26-12-10-19)14-3-6-16(7-4-14)22(24)25/h3-8,13H,2,9-12H2,1H3,(H,21,23). The van der Waals surface area contributed by atoms with E-state index in [1.165, 1.54) is 12.1 Å². The minimum absolute atomic E-state index is 0.00270. The fourth-order valence-electron chi connectivity index (χ4n) is 3.21. The molecular formula is C19H21N3O5. The lowest BCUT2D eigenvalue weighted by Crippen LogP contribution is -2.44. The van der Waals surface area contributed by atoms with Crippen molar-refractivity contribution in [2.45, 2.75) is 25.2 Å².